The summed E-state index contributed by atoms with van der Waals surface area (Å²) < 4.78 is 9.84. The molecule has 0 bridgehead atoms. The summed E-state index contributed by atoms with van der Waals surface area (Å²) in [6.07, 6.45) is 1.88. The summed E-state index contributed by atoms with van der Waals surface area (Å²) in [5.74, 6) is 0.338. The molecule has 1 heterocycles. The first-order valence-electron chi connectivity index (χ1n) is 5.81. The van der Waals surface area contributed by atoms with Crippen molar-refractivity contribution >= 4 is 17.6 Å². The van der Waals surface area contributed by atoms with Crippen molar-refractivity contribution in [1.82, 2.24) is 0 Å². The molecule has 0 unspecified atom stereocenters. The number of fused-ring (bicyclic) bond motifs is 1. The lowest BCUT2D eigenvalue weighted by molar-refractivity contribution is -0.140. The van der Waals surface area contributed by atoms with Gasteiger partial charge in [-0.25, -0.2) is 0 Å². The Morgan fingerprint density at radius 3 is 3.11 bits per heavy atom. The Morgan fingerprint density at radius 1 is 1.50 bits per heavy atom. The van der Waals surface area contributed by atoms with E-state index in [0.29, 0.717) is 17.9 Å². The Balaban J connectivity index is 1.96. The number of benzene rings is 1. The number of aryl methyl sites for hydroxylation is 1. The van der Waals surface area contributed by atoms with Crippen molar-refractivity contribution in [1.29, 1.82) is 0 Å². The van der Waals surface area contributed by atoms with Crippen LogP contribution in [0.3, 0.4) is 0 Å². The van der Waals surface area contributed by atoms with E-state index in [9.17, 15) is 9.59 Å². The molecule has 0 atom stereocenters. The van der Waals surface area contributed by atoms with Gasteiger partial charge < -0.3 is 14.8 Å². The molecule has 2 rings (SSSR count). The second-order valence-electron chi connectivity index (χ2n) is 4.10. The summed E-state index contributed by atoms with van der Waals surface area (Å²) in [6.45, 7) is 0.0642. The summed E-state index contributed by atoms with van der Waals surface area (Å²) in [5, 5.41) is 2.76. The number of rotatable bonds is 4. The van der Waals surface area contributed by atoms with Crippen molar-refractivity contribution in [2.75, 3.05) is 19.0 Å². The Bertz CT molecular complexity index is 470. The van der Waals surface area contributed by atoms with Crippen LogP contribution in [0.15, 0.2) is 18.2 Å². The van der Waals surface area contributed by atoms with Gasteiger partial charge in [0.15, 0.2) is 6.61 Å². The molecule has 0 saturated carbocycles. The first-order valence-corrected chi connectivity index (χ1v) is 5.81. The molecule has 0 aromatic heterocycles. The van der Waals surface area contributed by atoms with Crippen LogP contribution in [0.4, 0.5) is 5.69 Å². The lowest BCUT2D eigenvalue weighted by atomic mass is 10.1. The van der Waals surface area contributed by atoms with E-state index in [0.717, 1.165) is 18.4 Å². The van der Waals surface area contributed by atoms with E-state index in [1.54, 1.807) is 0 Å². The molecule has 1 N–H and O–H groups in total. The van der Waals surface area contributed by atoms with E-state index >= 15 is 0 Å². The van der Waals surface area contributed by atoms with Gasteiger partial charge in [0.25, 0.3) is 5.91 Å². The minimum Gasteiger partial charge on any atom is -0.482 e. The van der Waals surface area contributed by atoms with Crippen molar-refractivity contribution in [3.05, 3.63) is 23.8 Å². The number of amides is 1. The van der Waals surface area contributed by atoms with Gasteiger partial charge in [-0.15, -0.1) is 0 Å². The molecule has 96 valence electrons. The molecule has 5 nitrogen and oxygen atoms in total. The van der Waals surface area contributed by atoms with Crippen LogP contribution in [0.1, 0.15) is 18.4 Å². The molecular formula is C13H15NO4. The maximum Gasteiger partial charge on any atom is 0.305 e. The van der Waals surface area contributed by atoms with Gasteiger partial charge in [0, 0.05) is 6.42 Å². The predicted molar refractivity (Wildman–Crippen MR) is 65.5 cm³/mol. The van der Waals surface area contributed by atoms with Crippen molar-refractivity contribution in [2.24, 2.45) is 0 Å². The Morgan fingerprint density at radius 2 is 2.33 bits per heavy atom. The maximum absolute atomic E-state index is 11.2. The minimum absolute atomic E-state index is 0.0642. The second kappa shape index (κ2) is 5.53. The predicted octanol–water partition coefficient (Wildman–Crippen LogP) is 1.51. The first-order chi connectivity index (χ1) is 8.69. The highest BCUT2D eigenvalue weighted by Gasteiger charge is 2.15. The van der Waals surface area contributed by atoms with E-state index in [2.05, 4.69) is 10.1 Å². The maximum atomic E-state index is 11.2. The van der Waals surface area contributed by atoms with Crippen molar-refractivity contribution < 1.29 is 19.1 Å². The monoisotopic (exact) mass is 249 g/mol. The zero-order valence-corrected chi connectivity index (χ0v) is 10.2. The van der Waals surface area contributed by atoms with E-state index < -0.39 is 0 Å². The summed E-state index contributed by atoms with van der Waals surface area (Å²) in [5.41, 5.74) is 1.75. The number of hydrogen-bond acceptors (Lipinski definition) is 4. The third-order valence-electron chi connectivity index (χ3n) is 2.75. The molecule has 1 amide bonds. The summed E-state index contributed by atoms with van der Waals surface area (Å²) >= 11 is 0. The average molecular weight is 249 g/mol. The third-order valence-corrected chi connectivity index (χ3v) is 2.75. The molecule has 0 fully saturated rings. The van der Waals surface area contributed by atoms with Crippen LogP contribution < -0.4 is 10.1 Å². The highest BCUT2D eigenvalue weighted by molar-refractivity contribution is 5.95. The number of anilines is 1. The SMILES string of the molecule is COC(=O)CCCc1ccc2c(c1)NC(=O)CO2. The molecule has 1 aromatic rings. The fourth-order valence-corrected chi connectivity index (χ4v) is 1.82. The van der Waals surface area contributed by atoms with Crippen molar-refractivity contribution in [2.45, 2.75) is 19.3 Å². The van der Waals surface area contributed by atoms with Crippen LogP contribution in [0.2, 0.25) is 0 Å². The van der Waals surface area contributed by atoms with Crippen LogP contribution >= 0.6 is 0 Å². The van der Waals surface area contributed by atoms with Crippen molar-refractivity contribution in [3.8, 4) is 5.75 Å². The van der Waals surface area contributed by atoms with Crippen LogP contribution in [-0.2, 0) is 20.7 Å². The molecule has 0 spiro atoms. The number of hydrogen-bond donors (Lipinski definition) is 1. The van der Waals surface area contributed by atoms with E-state index in [1.807, 2.05) is 18.2 Å². The number of methoxy groups -OCH3 is 1. The quantitative estimate of drug-likeness (QED) is 0.821. The van der Waals surface area contributed by atoms with Gasteiger partial charge in [-0.05, 0) is 30.5 Å². The van der Waals surface area contributed by atoms with Gasteiger partial charge in [0.1, 0.15) is 5.75 Å². The number of carbonyl (C=O) groups is 2. The van der Waals surface area contributed by atoms with Gasteiger partial charge in [-0.1, -0.05) is 6.07 Å². The number of esters is 1. The lowest BCUT2D eigenvalue weighted by Crippen LogP contribution is -2.25. The normalized spacial score (nSPS) is 13.3. The molecule has 0 radical (unpaired) electrons. The van der Waals surface area contributed by atoms with Gasteiger partial charge in [0.2, 0.25) is 0 Å². The van der Waals surface area contributed by atoms with Crippen molar-refractivity contribution in [3.63, 3.8) is 0 Å². The molecule has 1 aliphatic rings. The summed E-state index contributed by atoms with van der Waals surface area (Å²) in [4.78, 5) is 22.2. The highest BCUT2D eigenvalue weighted by Crippen LogP contribution is 2.28. The van der Waals surface area contributed by atoms with Gasteiger partial charge in [0.05, 0.1) is 12.8 Å². The Labute approximate surface area is 105 Å². The average Bonchev–Trinajstić information content (AvgIpc) is 2.38. The standard InChI is InChI=1S/C13H15NO4/c1-17-13(16)4-2-3-9-5-6-11-10(7-9)14-12(15)8-18-11/h5-7H,2-4,8H2,1H3,(H,14,15). The fraction of sp³-hybridized carbons (Fsp3) is 0.385. The molecule has 1 aromatic carbocycles. The van der Waals surface area contributed by atoms with Gasteiger partial charge in [-0.3, -0.25) is 9.59 Å². The van der Waals surface area contributed by atoms with E-state index in [4.69, 9.17) is 4.74 Å². The first kappa shape index (κ1) is 12.4. The Hall–Kier alpha value is -2.04. The summed E-state index contributed by atoms with van der Waals surface area (Å²) in [6, 6.07) is 5.65. The van der Waals surface area contributed by atoms with Crippen LogP contribution in [-0.4, -0.2) is 25.6 Å². The highest BCUT2D eigenvalue weighted by atomic mass is 16.5. The van der Waals surface area contributed by atoms with Gasteiger partial charge >= 0.3 is 5.97 Å². The molecule has 0 saturated heterocycles. The number of nitrogens with one attached hydrogen (secondary N) is 1. The zero-order chi connectivity index (χ0) is 13.0. The number of carbonyl (C=O) groups excluding carboxylic acids is 2. The smallest absolute Gasteiger partial charge is 0.305 e. The summed E-state index contributed by atoms with van der Waals surface area (Å²) in [7, 11) is 1.38. The van der Waals surface area contributed by atoms with E-state index in [1.165, 1.54) is 7.11 Å². The second-order valence-corrected chi connectivity index (χ2v) is 4.10. The lowest BCUT2D eigenvalue weighted by Gasteiger charge is -2.18. The topological polar surface area (TPSA) is 64.6 Å². The molecule has 0 aliphatic carbocycles. The largest absolute Gasteiger partial charge is 0.482 e. The zero-order valence-electron chi connectivity index (χ0n) is 10.2. The Kier molecular flexibility index (Phi) is 3.82. The molecule has 5 heteroatoms. The number of ether oxygens (including phenoxy) is 2. The van der Waals surface area contributed by atoms with Gasteiger partial charge in [-0.2, -0.15) is 0 Å². The minimum atomic E-state index is -0.204. The molecular weight excluding hydrogens is 234 g/mol. The molecule has 18 heavy (non-hydrogen) atoms. The van der Waals surface area contributed by atoms with E-state index in [-0.39, 0.29) is 18.5 Å². The van der Waals surface area contributed by atoms with Crippen LogP contribution in [0, 0.1) is 0 Å². The van der Waals surface area contributed by atoms with Crippen LogP contribution in [0.25, 0.3) is 0 Å². The fourth-order valence-electron chi connectivity index (χ4n) is 1.82. The van der Waals surface area contributed by atoms with Crippen LogP contribution in [0.5, 0.6) is 5.75 Å². The molecule has 1 aliphatic heterocycles. The third kappa shape index (κ3) is 3.00.